The lowest BCUT2D eigenvalue weighted by molar-refractivity contribution is 0.0890. The van der Waals surface area contributed by atoms with E-state index in [1.54, 1.807) is 6.92 Å². The van der Waals surface area contributed by atoms with Gasteiger partial charge < -0.3 is 14.8 Å². The lowest BCUT2D eigenvalue weighted by Crippen LogP contribution is -2.28. The largest absolute Gasteiger partial charge is 0.450 e. The molecule has 4 nitrogen and oxygen atoms in total. The van der Waals surface area contributed by atoms with Crippen molar-refractivity contribution in [2.24, 2.45) is 0 Å². The summed E-state index contributed by atoms with van der Waals surface area (Å²) in [5.41, 5.74) is 1.49. The number of hydrogen-bond acceptors (Lipinski definition) is 3. The van der Waals surface area contributed by atoms with Gasteiger partial charge in [0, 0.05) is 22.9 Å². The number of rotatable bonds is 4. The van der Waals surface area contributed by atoms with Crippen molar-refractivity contribution in [3.63, 3.8) is 0 Å². The minimum absolute atomic E-state index is 0.156. The molecule has 28 heavy (non-hydrogen) atoms. The molecule has 1 heterocycles. The molecular formula is C22H17F2NO3. The Morgan fingerprint density at radius 2 is 1.86 bits per heavy atom. The lowest BCUT2D eigenvalue weighted by atomic mass is 10.1. The molecule has 1 aromatic heterocycles. The van der Waals surface area contributed by atoms with Crippen molar-refractivity contribution in [3.8, 4) is 0 Å². The molecule has 4 rings (SSSR count). The summed E-state index contributed by atoms with van der Waals surface area (Å²) >= 11 is 0. The Morgan fingerprint density at radius 3 is 2.64 bits per heavy atom. The van der Waals surface area contributed by atoms with Crippen LogP contribution in [-0.2, 0) is 0 Å². The van der Waals surface area contributed by atoms with Gasteiger partial charge in [-0.15, -0.1) is 0 Å². The van der Waals surface area contributed by atoms with Gasteiger partial charge in [-0.25, -0.2) is 8.78 Å². The Balaban J connectivity index is 1.58. The van der Waals surface area contributed by atoms with Crippen molar-refractivity contribution in [1.29, 1.82) is 0 Å². The number of amides is 1. The van der Waals surface area contributed by atoms with Crippen LogP contribution in [0.5, 0.6) is 0 Å². The summed E-state index contributed by atoms with van der Waals surface area (Å²) < 4.78 is 32.2. The second-order valence-electron chi connectivity index (χ2n) is 6.62. The number of fused-ring (bicyclic) bond motifs is 3. The van der Waals surface area contributed by atoms with Gasteiger partial charge in [0.2, 0.25) is 0 Å². The minimum atomic E-state index is -1.18. The first-order valence-electron chi connectivity index (χ1n) is 8.78. The smallest absolute Gasteiger partial charge is 0.287 e. The van der Waals surface area contributed by atoms with Crippen LogP contribution in [0.2, 0.25) is 0 Å². The molecular weight excluding hydrogens is 364 g/mol. The zero-order chi connectivity index (χ0) is 19.8. The van der Waals surface area contributed by atoms with Crippen molar-refractivity contribution in [1.82, 2.24) is 5.32 Å². The van der Waals surface area contributed by atoms with Crippen LogP contribution in [0.15, 0.2) is 59.0 Å². The molecule has 0 saturated heterocycles. The summed E-state index contributed by atoms with van der Waals surface area (Å²) in [4.78, 5) is 12.6. The van der Waals surface area contributed by atoms with Gasteiger partial charge in [0.1, 0.15) is 5.58 Å². The quantitative estimate of drug-likeness (QED) is 0.542. The van der Waals surface area contributed by atoms with E-state index in [-0.39, 0.29) is 17.9 Å². The number of aliphatic hydroxyl groups excluding tert-OH is 1. The van der Waals surface area contributed by atoms with E-state index < -0.39 is 23.6 Å². The summed E-state index contributed by atoms with van der Waals surface area (Å²) in [6.45, 7) is 1.63. The third-order valence-electron chi connectivity index (χ3n) is 4.82. The summed E-state index contributed by atoms with van der Waals surface area (Å²) in [5, 5.41) is 15.5. The van der Waals surface area contributed by atoms with Crippen LogP contribution in [0.4, 0.5) is 8.78 Å². The van der Waals surface area contributed by atoms with Crippen LogP contribution in [0.3, 0.4) is 0 Å². The number of benzene rings is 3. The number of nitrogens with one attached hydrogen (secondary N) is 1. The van der Waals surface area contributed by atoms with E-state index in [1.165, 1.54) is 6.07 Å². The molecule has 142 valence electrons. The maximum absolute atomic E-state index is 13.3. The highest BCUT2D eigenvalue weighted by Crippen LogP contribution is 2.31. The highest BCUT2D eigenvalue weighted by atomic mass is 19.2. The molecule has 0 unspecified atom stereocenters. The number of furan rings is 1. The first kappa shape index (κ1) is 18.1. The summed E-state index contributed by atoms with van der Waals surface area (Å²) in [6.07, 6.45) is -1.18. The number of aliphatic hydroxyl groups is 1. The molecule has 0 aliphatic rings. The molecule has 0 aliphatic carbocycles. The van der Waals surface area contributed by atoms with E-state index in [9.17, 15) is 18.7 Å². The second kappa shape index (κ2) is 7.05. The van der Waals surface area contributed by atoms with Gasteiger partial charge in [0.05, 0.1) is 6.10 Å². The standard InChI is InChI=1S/C22H17F2NO3/c1-12-15-8-6-13-4-2-3-5-16(13)21(15)28-20(12)22(27)25-11-19(26)14-7-9-17(23)18(24)10-14/h2-10,19,26H,11H2,1H3,(H,25,27)/t19-/m1/s1. The van der Waals surface area contributed by atoms with Crippen molar-refractivity contribution >= 4 is 27.6 Å². The average Bonchev–Trinajstić information content (AvgIpc) is 3.05. The van der Waals surface area contributed by atoms with Gasteiger partial charge in [-0.05, 0) is 30.0 Å². The highest BCUT2D eigenvalue weighted by Gasteiger charge is 2.20. The maximum atomic E-state index is 13.3. The Kier molecular flexibility index (Phi) is 4.57. The number of hydrogen-bond donors (Lipinski definition) is 2. The van der Waals surface area contributed by atoms with Crippen LogP contribution in [0.1, 0.15) is 27.8 Å². The van der Waals surface area contributed by atoms with Gasteiger partial charge in [-0.2, -0.15) is 0 Å². The lowest BCUT2D eigenvalue weighted by Gasteiger charge is -2.12. The fourth-order valence-electron chi connectivity index (χ4n) is 3.27. The third kappa shape index (κ3) is 3.12. The highest BCUT2D eigenvalue weighted by molar-refractivity contribution is 6.08. The fourth-order valence-corrected chi connectivity index (χ4v) is 3.27. The molecule has 1 amide bonds. The van der Waals surface area contributed by atoms with Crippen LogP contribution >= 0.6 is 0 Å². The van der Waals surface area contributed by atoms with E-state index in [0.717, 1.165) is 28.3 Å². The summed E-state index contributed by atoms with van der Waals surface area (Å²) in [7, 11) is 0. The first-order valence-corrected chi connectivity index (χ1v) is 8.78. The van der Waals surface area contributed by atoms with E-state index in [4.69, 9.17) is 4.42 Å². The van der Waals surface area contributed by atoms with E-state index in [0.29, 0.717) is 11.1 Å². The third-order valence-corrected chi connectivity index (χ3v) is 4.82. The maximum Gasteiger partial charge on any atom is 0.287 e. The van der Waals surface area contributed by atoms with Gasteiger partial charge >= 0.3 is 0 Å². The van der Waals surface area contributed by atoms with Crippen LogP contribution < -0.4 is 5.32 Å². The van der Waals surface area contributed by atoms with Gasteiger partial charge in [-0.1, -0.05) is 42.5 Å². The Hall–Kier alpha value is -3.25. The number of carbonyl (C=O) groups excluding carboxylic acids is 1. The molecule has 0 radical (unpaired) electrons. The minimum Gasteiger partial charge on any atom is -0.450 e. The molecule has 0 fully saturated rings. The van der Waals surface area contributed by atoms with Crippen molar-refractivity contribution in [2.75, 3.05) is 6.54 Å². The predicted molar refractivity (Wildman–Crippen MR) is 102 cm³/mol. The second-order valence-corrected chi connectivity index (χ2v) is 6.62. The SMILES string of the molecule is Cc1c(C(=O)NC[C@@H](O)c2ccc(F)c(F)c2)oc2c1ccc1ccccc12. The van der Waals surface area contributed by atoms with E-state index >= 15 is 0 Å². The number of halogens is 2. The normalized spacial score (nSPS) is 12.4. The summed E-state index contributed by atoms with van der Waals surface area (Å²) in [5.74, 6) is -2.38. The molecule has 4 aromatic rings. The predicted octanol–water partition coefficient (Wildman–Crippen LogP) is 4.64. The monoisotopic (exact) mass is 381 g/mol. The van der Waals surface area contributed by atoms with Gasteiger partial charge in [-0.3, -0.25) is 4.79 Å². The van der Waals surface area contributed by atoms with Crippen molar-refractivity contribution < 1.29 is 23.1 Å². The molecule has 2 N–H and O–H groups in total. The first-order chi connectivity index (χ1) is 13.5. The van der Waals surface area contributed by atoms with Crippen LogP contribution in [0.25, 0.3) is 21.7 Å². The topological polar surface area (TPSA) is 62.5 Å². The van der Waals surface area contributed by atoms with Gasteiger partial charge in [0.15, 0.2) is 17.4 Å². The number of aryl methyl sites for hydroxylation is 1. The van der Waals surface area contributed by atoms with Crippen molar-refractivity contribution in [3.05, 3.63) is 83.1 Å². The Bertz CT molecular complexity index is 1200. The number of carbonyl (C=O) groups is 1. The Morgan fingerprint density at radius 1 is 1.07 bits per heavy atom. The Labute approximate surface area is 159 Å². The van der Waals surface area contributed by atoms with E-state index in [2.05, 4.69) is 5.32 Å². The molecule has 3 aromatic carbocycles. The van der Waals surface area contributed by atoms with E-state index in [1.807, 2.05) is 36.4 Å². The molecule has 6 heteroatoms. The summed E-state index contributed by atoms with van der Waals surface area (Å²) in [6, 6.07) is 14.7. The molecule has 1 atom stereocenters. The molecule has 0 aliphatic heterocycles. The van der Waals surface area contributed by atoms with Crippen LogP contribution in [0, 0.1) is 18.6 Å². The molecule has 0 saturated carbocycles. The van der Waals surface area contributed by atoms with Gasteiger partial charge in [0.25, 0.3) is 5.91 Å². The zero-order valence-electron chi connectivity index (χ0n) is 15.0. The molecule has 0 spiro atoms. The molecule has 0 bridgehead atoms. The van der Waals surface area contributed by atoms with Crippen LogP contribution in [-0.4, -0.2) is 17.6 Å². The average molecular weight is 381 g/mol. The zero-order valence-corrected chi connectivity index (χ0v) is 15.0. The fraction of sp³-hybridized carbons (Fsp3) is 0.136. The van der Waals surface area contributed by atoms with Crippen molar-refractivity contribution in [2.45, 2.75) is 13.0 Å².